The molecular weight excluding hydrogens is 204 g/mol. The standard InChI is InChI=1S/C9H11ClN2O2/c10-8-4-2-1-3-7(8)9(13)12-14-6-5-11/h1-4H,5-6,11H2,(H,12,13). The van der Waals surface area contributed by atoms with Gasteiger partial charge < -0.3 is 5.73 Å². The zero-order valence-corrected chi connectivity index (χ0v) is 8.25. The fraction of sp³-hybridized carbons (Fsp3) is 0.222. The Morgan fingerprint density at radius 2 is 2.21 bits per heavy atom. The average Bonchev–Trinajstić information content (AvgIpc) is 2.18. The van der Waals surface area contributed by atoms with Gasteiger partial charge in [-0.25, -0.2) is 5.48 Å². The zero-order chi connectivity index (χ0) is 10.4. The van der Waals surface area contributed by atoms with Gasteiger partial charge in [-0.05, 0) is 12.1 Å². The summed E-state index contributed by atoms with van der Waals surface area (Å²) in [5.74, 6) is -0.371. The van der Waals surface area contributed by atoms with E-state index in [0.29, 0.717) is 17.1 Å². The van der Waals surface area contributed by atoms with Crippen LogP contribution in [0.4, 0.5) is 0 Å². The van der Waals surface area contributed by atoms with Crippen LogP contribution in [0.2, 0.25) is 5.02 Å². The third kappa shape index (κ3) is 2.99. The van der Waals surface area contributed by atoms with Crippen molar-refractivity contribution >= 4 is 17.5 Å². The van der Waals surface area contributed by atoms with E-state index in [9.17, 15) is 4.79 Å². The van der Waals surface area contributed by atoms with E-state index in [0.717, 1.165) is 0 Å². The summed E-state index contributed by atoms with van der Waals surface area (Å²) in [7, 11) is 0. The maximum Gasteiger partial charge on any atom is 0.276 e. The summed E-state index contributed by atoms with van der Waals surface area (Å²) in [6.07, 6.45) is 0. The van der Waals surface area contributed by atoms with Crippen molar-refractivity contribution in [1.29, 1.82) is 0 Å². The highest BCUT2D eigenvalue weighted by Gasteiger charge is 2.08. The number of nitrogens with one attached hydrogen (secondary N) is 1. The number of rotatable bonds is 4. The smallest absolute Gasteiger partial charge is 0.276 e. The van der Waals surface area contributed by atoms with Gasteiger partial charge in [0, 0.05) is 6.54 Å². The van der Waals surface area contributed by atoms with Gasteiger partial charge in [-0.3, -0.25) is 9.63 Å². The lowest BCUT2D eigenvalue weighted by molar-refractivity contribution is 0.0343. The van der Waals surface area contributed by atoms with Crippen molar-refractivity contribution in [2.45, 2.75) is 0 Å². The molecule has 1 aromatic carbocycles. The van der Waals surface area contributed by atoms with Crippen molar-refractivity contribution in [3.8, 4) is 0 Å². The Morgan fingerprint density at radius 1 is 1.50 bits per heavy atom. The van der Waals surface area contributed by atoms with Crippen LogP contribution in [0.1, 0.15) is 10.4 Å². The van der Waals surface area contributed by atoms with E-state index in [2.05, 4.69) is 5.48 Å². The molecule has 5 heteroatoms. The monoisotopic (exact) mass is 214 g/mol. The summed E-state index contributed by atoms with van der Waals surface area (Å²) in [4.78, 5) is 16.1. The van der Waals surface area contributed by atoms with Crippen LogP contribution in [-0.4, -0.2) is 19.1 Å². The molecule has 0 aromatic heterocycles. The van der Waals surface area contributed by atoms with Crippen molar-refractivity contribution in [3.63, 3.8) is 0 Å². The first-order valence-corrected chi connectivity index (χ1v) is 4.50. The molecule has 76 valence electrons. The van der Waals surface area contributed by atoms with Crippen molar-refractivity contribution in [1.82, 2.24) is 5.48 Å². The first-order chi connectivity index (χ1) is 6.75. The molecular formula is C9H11ClN2O2. The molecule has 14 heavy (non-hydrogen) atoms. The number of hydrogen-bond donors (Lipinski definition) is 2. The Morgan fingerprint density at radius 3 is 2.86 bits per heavy atom. The molecule has 0 aliphatic heterocycles. The first kappa shape index (κ1) is 11.0. The number of carbonyl (C=O) groups excluding carboxylic acids is 1. The average molecular weight is 215 g/mol. The van der Waals surface area contributed by atoms with Crippen molar-refractivity contribution in [2.24, 2.45) is 5.73 Å². The van der Waals surface area contributed by atoms with Gasteiger partial charge >= 0.3 is 0 Å². The molecule has 0 fully saturated rings. The molecule has 0 spiro atoms. The van der Waals surface area contributed by atoms with E-state index < -0.39 is 0 Å². The lowest BCUT2D eigenvalue weighted by atomic mass is 10.2. The van der Waals surface area contributed by atoms with Gasteiger partial charge in [0.25, 0.3) is 5.91 Å². The summed E-state index contributed by atoms with van der Waals surface area (Å²) in [5.41, 5.74) is 7.80. The van der Waals surface area contributed by atoms with Crippen LogP contribution in [-0.2, 0) is 4.84 Å². The Labute approximate surface area is 86.9 Å². The van der Waals surface area contributed by atoms with Crippen LogP contribution < -0.4 is 11.2 Å². The van der Waals surface area contributed by atoms with Crippen molar-refractivity contribution in [2.75, 3.05) is 13.2 Å². The van der Waals surface area contributed by atoms with E-state index >= 15 is 0 Å². The highest BCUT2D eigenvalue weighted by molar-refractivity contribution is 6.33. The molecule has 1 rings (SSSR count). The fourth-order valence-corrected chi connectivity index (χ4v) is 1.10. The molecule has 3 N–H and O–H groups in total. The van der Waals surface area contributed by atoms with Crippen LogP contribution in [0.5, 0.6) is 0 Å². The molecule has 0 unspecified atom stereocenters. The quantitative estimate of drug-likeness (QED) is 0.580. The lowest BCUT2D eigenvalue weighted by Gasteiger charge is -2.05. The normalized spacial score (nSPS) is 9.86. The summed E-state index contributed by atoms with van der Waals surface area (Å²) in [6.45, 7) is 0.624. The fourth-order valence-electron chi connectivity index (χ4n) is 0.876. The second-order valence-corrected chi connectivity index (χ2v) is 2.96. The van der Waals surface area contributed by atoms with Gasteiger partial charge in [0.15, 0.2) is 0 Å². The van der Waals surface area contributed by atoms with E-state index in [-0.39, 0.29) is 12.5 Å². The molecule has 0 aliphatic rings. The Kier molecular flexibility index (Phi) is 4.39. The topological polar surface area (TPSA) is 64.3 Å². The first-order valence-electron chi connectivity index (χ1n) is 4.12. The zero-order valence-electron chi connectivity index (χ0n) is 7.50. The van der Waals surface area contributed by atoms with Crippen molar-refractivity contribution < 1.29 is 9.63 Å². The minimum atomic E-state index is -0.371. The van der Waals surface area contributed by atoms with Crippen LogP contribution in [0.15, 0.2) is 24.3 Å². The lowest BCUT2D eigenvalue weighted by Crippen LogP contribution is -2.26. The van der Waals surface area contributed by atoms with Gasteiger partial charge in [-0.15, -0.1) is 0 Å². The Balaban J connectivity index is 2.56. The molecule has 0 bridgehead atoms. The number of benzene rings is 1. The third-order valence-corrected chi connectivity index (χ3v) is 1.83. The van der Waals surface area contributed by atoms with Crippen LogP contribution in [0.3, 0.4) is 0 Å². The van der Waals surface area contributed by atoms with Gasteiger partial charge in [-0.1, -0.05) is 23.7 Å². The van der Waals surface area contributed by atoms with E-state index in [1.807, 2.05) is 0 Å². The SMILES string of the molecule is NCCONC(=O)c1ccccc1Cl. The van der Waals surface area contributed by atoms with Crippen LogP contribution in [0, 0.1) is 0 Å². The molecule has 0 atom stereocenters. The van der Waals surface area contributed by atoms with Crippen molar-refractivity contribution in [3.05, 3.63) is 34.9 Å². The second-order valence-electron chi connectivity index (χ2n) is 2.55. The number of carbonyl (C=O) groups is 1. The molecule has 0 radical (unpaired) electrons. The highest BCUT2D eigenvalue weighted by atomic mass is 35.5. The summed E-state index contributed by atoms with van der Waals surface area (Å²) in [5, 5.41) is 0.390. The predicted molar refractivity (Wildman–Crippen MR) is 53.9 cm³/mol. The Hall–Kier alpha value is -1.10. The van der Waals surface area contributed by atoms with E-state index in [1.54, 1.807) is 24.3 Å². The minimum Gasteiger partial charge on any atom is -0.328 e. The molecule has 0 saturated carbocycles. The molecule has 0 aliphatic carbocycles. The Bertz CT molecular complexity index is 317. The number of hydrogen-bond acceptors (Lipinski definition) is 3. The largest absolute Gasteiger partial charge is 0.328 e. The van der Waals surface area contributed by atoms with Gasteiger partial charge in [0.2, 0.25) is 0 Å². The molecule has 1 amide bonds. The van der Waals surface area contributed by atoms with E-state index in [4.69, 9.17) is 22.2 Å². The van der Waals surface area contributed by atoms with Crippen LogP contribution in [0.25, 0.3) is 0 Å². The molecule has 0 saturated heterocycles. The molecule has 4 nitrogen and oxygen atoms in total. The summed E-state index contributed by atoms with van der Waals surface area (Å²) >= 11 is 5.79. The number of hydroxylamine groups is 1. The molecule has 1 aromatic rings. The van der Waals surface area contributed by atoms with Gasteiger partial charge in [0.1, 0.15) is 0 Å². The third-order valence-electron chi connectivity index (χ3n) is 1.50. The number of nitrogens with two attached hydrogens (primary N) is 1. The summed E-state index contributed by atoms with van der Waals surface area (Å²) in [6, 6.07) is 6.73. The number of amides is 1. The predicted octanol–water partition coefficient (Wildman–Crippen LogP) is 0.960. The summed E-state index contributed by atoms with van der Waals surface area (Å²) < 4.78 is 0. The van der Waals surface area contributed by atoms with Gasteiger partial charge in [-0.2, -0.15) is 0 Å². The number of halogens is 1. The highest BCUT2D eigenvalue weighted by Crippen LogP contribution is 2.14. The maximum atomic E-state index is 11.4. The maximum absolute atomic E-state index is 11.4. The van der Waals surface area contributed by atoms with E-state index in [1.165, 1.54) is 0 Å². The second kappa shape index (κ2) is 5.59. The minimum absolute atomic E-state index is 0.274. The van der Waals surface area contributed by atoms with Gasteiger partial charge in [0.05, 0.1) is 17.2 Å². The van der Waals surface area contributed by atoms with Crippen LogP contribution >= 0.6 is 11.6 Å². The molecule has 0 heterocycles.